The smallest absolute Gasteiger partial charge is 0.251 e. The van der Waals surface area contributed by atoms with Gasteiger partial charge in [0, 0.05) is 11.6 Å². The summed E-state index contributed by atoms with van der Waals surface area (Å²) in [4.78, 5) is 13.2. The van der Waals surface area contributed by atoms with Crippen molar-refractivity contribution >= 4 is 5.91 Å². The SMILES string of the molecule is CCOc1cc(C(=O)NC(C)C23CC4CC(CC(C4)C2)C3)ccc1OCCOc1ccccc1. The van der Waals surface area contributed by atoms with Crippen LogP contribution in [0.2, 0.25) is 0 Å². The maximum atomic E-state index is 13.2. The van der Waals surface area contributed by atoms with Crippen LogP contribution in [0.5, 0.6) is 17.2 Å². The number of carbonyl (C=O) groups excluding carboxylic acids is 1. The molecule has 5 nitrogen and oxygen atoms in total. The Morgan fingerprint density at radius 3 is 2.21 bits per heavy atom. The van der Waals surface area contributed by atoms with Crippen LogP contribution in [0.15, 0.2) is 48.5 Å². The van der Waals surface area contributed by atoms with Crippen LogP contribution in [0.3, 0.4) is 0 Å². The zero-order chi connectivity index (χ0) is 23.5. The van der Waals surface area contributed by atoms with Crippen LogP contribution in [0.25, 0.3) is 0 Å². The molecule has 182 valence electrons. The van der Waals surface area contributed by atoms with Gasteiger partial charge in [-0.15, -0.1) is 0 Å². The van der Waals surface area contributed by atoms with Gasteiger partial charge in [0.1, 0.15) is 19.0 Å². The molecule has 5 heteroatoms. The van der Waals surface area contributed by atoms with Crippen LogP contribution in [0, 0.1) is 23.2 Å². The average Bonchev–Trinajstić information content (AvgIpc) is 2.82. The molecule has 4 aliphatic rings. The van der Waals surface area contributed by atoms with E-state index in [1.165, 1.54) is 38.5 Å². The van der Waals surface area contributed by atoms with E-state index in [9.17, 15) is 4.79 Å². The lowest BCUT2D eigenvalue weighted by molar-refractivity contribution is -0.0688. The molecule has 1 atom stereocenters. The van der Waals surface area contributed by atoms with Crippen molar-refractivity contribution in [3.8, 4) is 17.2 Å². The Hall–Kier alpha value is -2.69. The maximum Gasteiger partial charge on any atom is 0.251 e. The number of carbonyl (C=O) groups is 1. The second kappa shape index (κ2) is 9.89. The van der Waals surface area contributed by atoms with E-state index in [-0.39, 0.29) is 17.4 Å². The van der Waals surface area contributed by atoms with Gasteiger partial charge in [-0.25, -0.2) is 0 Å². The van der Waals surface area contributed by atoms with E-state index < -0.39 is 0 Å². The summed E-state index contributed by atoms with van der Waals surface area (Å²) >= 11 is 0. The zero-order valence-corrected chi connectivity index (χ0v) is 20.4. The summed E-state index contributed by atoms with van der Waals surface area (Å²) in [7, 11) is 0. The highest BCUT2D eigenvalue weighted by atomic mass is 16.5. The first-order valence-electron chi connectivity index (χ1n) is 12.9. The number of para-hydroxylation sites is 1. The van der Waals surface area contributed by atoms with Crippen molar-refractivity contribution in [1.82, 2.24) is 5.32 Å². The average molecular weight is 464 g/mol. The number of hydrogen-bond donors (Lipinski definition) is 1. The molecule has 4 fully saturated rings. The highest BCUT2D eigenvalue weighted by Crippen LogP contribution is 2.61. The summed E-state index contributed by atoms with van der Waals surface area (Å²) in [5.74, 6) is 4.63. The summed E-state index contributed by atoms with van der Waals surface area (Å²) < 4.78 is 17.4. The van der Waals surface area contributed by atoms with Crippen LogP contribution < -0.4 is 19.5 Å². The Kier molecular flexibility index (Phi) is 6.71. The molecule has 4 saturated carbocycles. The van der Waals surface area contributed by atoms with Crippen LogP contribution in [-0.2, 0) is 0 Å². The Labute approximate surface area is 203 Å². The molecular formula is C29H37NO4. The molecule has 6 rings (SSSR count). The second-order valence-electron chi connectivity index (χ2n) is 10.6. The molecular weight excluding hydrogens is 426 g/mol. The number of ether oxygens (including phenoxy) is 3. The van der Waals surface area contributed by atoms with Gasteiger partial charge >= 0.3 is 0 Å². The lowest BCUT2D eigenvalue weighted by atomic mass is 9.48. The molecule has 1 amide bonds. The second-order valence-corrected chi connectivity index (χ2v) is 10.6. The zero-order valence-electron chi connectivity index (χ0n) is 20.4. The summed E-state index contributed by atoms with van der Waals surface area (Å²) in [5.41, 5.74) is 0.905. The van der Waals surface area contributed by atoms with E-state index in [1.807, 2.05) is 49.4 Å². The van der Waals surface area contributed by atoms with E-state index in [1.54, 1.807) is 6.07 Å². The molecule has 1 N–H and O–H groups in total. The molecule has 0 aliphatic heterocycles. The van der Waals surface area contributed by atoms with Gasteiger partial charge in [-0.2, -0.15) is 0 Å². The summed E-state index contributed by atoms with van der Waals surface area (Å²) in [6, 6.07) is 15.3. The normalized spacial score (nSPS) is 27.8. The molecule has 4 aliphatic carbocycles. The Morgan fingerprint density at radius 1 is 0.912 bits per heavy atom. The number of nitrogens with one attached hydrogen (secondary N) is 1. The van der Waals surface area contributed by atoms with E-state index in [0.29, 0.717) is 36.9 Å². The maximum absolute atomic E-state index is 13.2. The minimum Gasteiger partial charge on any atom is -0.490 e. The highest BCUT2D eigenvalue weighted by molar-refractivity contribution is 5.95. The van der Waals surface area contributed by atoms with Gasteiger partial charge in [-0.05, 0) is 106 Å². The molecule has 2 aromatic carbocycles. The third-order valence-electron chi connectivity index (χ3n) is 8.21. The molecule has 4 bridgehead atoms. The standard InChI is InChI=1S/C29H37NO4/c1-3-32-27-16-24(9-10-26(27)34-12-11-33-25-7-5-4-6-8-25)28(31)30-20(2)29-17-21-13-22(18-29)15-23(14-21)19-29/h4-10,16,20-23H,3,11-15,17-19H2,1-2H3,(H,30,31). The fourth-order valence-corrected chi connectivity index (χ4v) is 7.01. The molecule has 34 heavy (non-hydrogen) atoms. The molecule has 0 heterocycles. The van der Waals surface area contributed by atoms with Crippen LogP contribution in [0.4, 0.5) is 0 Å². The monoisotopic (exact) mass is 463 g/mol. The van der Waals surface area contributed by atoms with Gasteiger partial charge < -0.3 is 19.5 Å². The first kappa shape index (κ1) is 23.1. The van der Waals surface area contributed by atoms with Crippen molar-refractivity contribution in [3.05, 3.63) is 54.1 Å². The van der Waals surface area contributed by atoms with Gasteiger partial charge in [0.25, 0.3) is 5.91 Å². The van der Waals surface area contributed by atoms with Crippen molar-refractivity contribution in [2.75, 3.05) is 19.8 Å². The molecule has 0 aromatic heterocycles. The van der Waals surface area contributed by atoms with Gasteiger partial charge in [0.05, 0.1) is 6.61 Å². The number of rotatable bonds is 10. The van der Waals surface area contributed by atoms with Crippen molar-refractivity contribution in [3.63, 3.8) is 0 Å². The Bertz CT molecular complexity index is 954. The number of amides is 1. The fraction of sp³-hybridized carbons (Fsp3) is 0.552. The summed E-state index contributed by atoms with van der Waals surface area (Å²) in [6.07, 6.45) is 8.08. The third-order valence-corrected chi connectivity index (χ3v) is 8.21. The topological polar surface area (TPSA) is 56.8 Å². The van der Waals surface area contributed by atoms with E-state index in [2.05, 4.69) is 12.2 Å². The molecule has 1 unspecified atom stereocenters. The minimum absolute atomic E-state index is 0.0249. The molecule has 0 saturated heterocycles. The van der Waals surface area contributed by atoms with E-state index in [4.69, 9.17) is 14.2 Å². The van der Waals surface area contributed by atoms with Crippen LogP contribution in [0.1, 0.15) is 62.7 Å². The highest BCUT2D eigenvalue weighted by Gasteiger charge is 2.53. The van der Waals surface area contributed by atoms with Crippen molar-refractivity contribution in [2.24, 2.45) is 23.2 Å². The lowest BCUT2D eigenvalue weighted by Crippen LogP contribution is -2.55. The number of benzene rings is 2. The molecule has 2 aromatic rings. The van der Waals surface area contributed by atoms with E-state index >= 15 is 0 Å². The van der Waals surface area contributed by atoms with Gasteiger partial charge in [0.15, 0.2) is 11.5 Å². The van der Waals surface area contributed by atoms with Crippen LogP contribution >= 0.6 is 0 Å². The van der Waals surface area contributed by atoms with Crippen LogP contribution in [-0.4, -0.2) is 31.8 Å². The minimum atomic E-state index is -0.0249. The van der Waals surface area contributed by atoms with Gasteiger partial charge in [0.2, 0.25) is 0 Å². The van der Waals surface area contributed by atoms with Crippen molar-refractivity contribution < 1.29 is 19.0 Å². The predicted octanol–water partition coefficient (Wildman–Crippen LogP) is 5.88. The lowest BCUT2D eigenvalue weighted by Gasteiger charge is -2.59. The third kappa shape index (κ3) is 4.89. The van der Waals surface area contributed by atoms with Crippen molar-refractivity contribution in [2.45, 2.75) is 58.4 Å². The van der Waals surface area contributed by atoms with Gasteiger partial charge in [-0.3, -0.25) is 4.79 Å². The first-order chi connectivity index (χ1) is 16.5. The molecule has 0 spiro atoms. The Morgan fingerprint density at radius 2 is 1.56 bits per heavy atom. The molecule has 0 radical (unpaired) electrons. The first-order valence-corrected chi connectivity index (χ1v) is 12.9. The summed E-state index contributed by atoms with van der Waals surface area (Å²) in [6.45, 7) is 5.48. The fourth-order valence-electron chi connectivity index (χ4n) is 7.01. The van der Waals surface area contributed by atoms with E-state index in [0.717, 1.165) is 23.5 Å². The number of hydrogen-bond acceptors (Lipinski definition) is 4. The van der Waals surface area contributed by atoms with Gasteiger partial charge in [-0.1, -0.05) is 18.2 Å². The van der Waals surface area contributed by atoms with Crippen molar-refractivity contribution in [1.29, 1.82) is 0 Å². The largest absolute Gasteiger partial charge is 0.490 e. The Balaban J connectivity index is 1.20. The quantitative estimate of drug-likeness (QED) is 0.447. The predicted molar refractivity (Wildman–Crippen MR) is 133 cm³/mol. The summed E-state index contributed by atoms with van der Waals surface area (Å²) in [5, 5.41) is 3.36.